The van der Waals surface area contributed by atoms with Crippen molar-refractivity contribution in [2.24, 2.45) is 0 Å². The smallest absolute Gasteiger partial charge is 0.191 e. The predicted octanol–water partition coefficient (Wildman–Crippen LogP) is 2.85. The first-order chi connectivity index (χ1) is 5.31. The molecule has 0 aliphatic rings. The van der Waals surface area contributed by atoms with E-state index >= 15 is 0 Å². The zero-order valence-corrected chi connectivity index (χ0v) is 8.14. The molecule has 66 valence electrons. The molecule has 11 heavy (non-hydrogen) atoms. The Morgan fingerprint density at radius 1 is 1.64 bits per heavy atom. The van der Waals surface area contributed by atoms with Gasteiger partial charge >= 0.3 is 0 Å². The molecule has 0 aliphatic carbocycles. The fourth-order valence-corrected chi connectivity index (χ4v) is 1.75. The number of rotatable bonds is 7. The van der Waals surface area contributed by atoms with Gasteiger partial charge in [0.2, 0.25) is 0 Å². The van der Waals surface area contributed by atoms with Crippen LogP contribution in [0.25, 0.3) is 0 Å². The molecule has 0 rings (SSSR count). The summed E-state index contributed by atoms with van der Waals surface area (Å²) in [5, 5.41) is 0. The van der Waals surface area contributed by atoms with E-state index in [1.807, 2.05) is 13.0 Å². The fraction of sp³-hybridized carbons (Fsp3) is 0.750. The van der Waals surface area contributed by atoms with Crippen molar-refractivity contribution in [2.45, 2.75) is 26.2 Å². The molecule has 0 spiro atoms. The Kier molecular flexibility index (Phi) is 7.98. The van der Waals surface area contributed by atoms with Gasteiger partial charge in [0.05, 0.1) is 6.61 Å². The second kappa shape index (κ2) is 8.03. The van der Waals surface area contributed by atoms with Crippen LogP contribution in [-0.4, -0.2) is 12.8 Å². The van der Waals surface area contributed by atoms with Gasteiger partial charge in [0, 0.05) is 6.16 Å². The van der Waals surface area contributed by atoms with Crippen molar-refractivity contribution in [3.63, 3.8) is 0 Å². The topological polar surface area (TPSA) is 26.3 Å². The Bertz CT molecular complexity index is 123. The molecule has 0 N–H and O–H groups in total. The highest BCUT2D eigenvalue weighted by molar-refractivity contribution is 7.39. The predicted molar refractivity (Wildman–Crippen MR) is 49.5 cm³/mol. The van der Waals surface area contributed by atoms with Gasteiger partial charge in [0.15, 0.2) is 8.03 Å². The maximum absolute atomic E-state index is 11.0. The van der Waals surface area contributed by atoms with Crippen LogP contribution in [0.5, 0.6) is 0 Å². The van der Waals surface area contributed by atoms with E-state index in [0.717, 1.165) is 19.3 Å². The molecule has 0 aromatic rings. The van der Waals surface area contributed by atoms with Crippen LogP contribution in [0.1, 0.15) is 26.2 Å². The summed E-state index contributed by atoms with van der Waals surface area (Å²) >= 11 is 0. The molecule has 0 amide bonds. The summed E-state index contributed by atoms with van der Waals surface area (Å²) in [6, 6.07) is 0. The van der Waals surface area contributed by atoms with Crippen LogP contribution in [-0.2, 0) is 9.09 Å². The van der Waals surface area contributed by atoms with E-state index in [-0.39, 0.29) is 0 Å². The lowest BCUT2D eigenvalue weighted by molar-refractivity contribution is 0.328. The number of hydrogen-bond donors (Lipinski definition) is 0. The molecular weight excluding hydrogens is 159 g/mol. The van der Waals surface area contributed by atoms with Gasteiger partial charge in [0.25, 0.3) is 0 Å². The number of unbranched alkanes of at least 4 members (excludes halogenated alkanes) is 1. The molecule has 0 fully saturated rings. The molecule has 2 nitrogen and oxygen atoms in total. The zero-order chi connectivity index (χ0) is 8.53. The summed E-state index contributed by atoms with van der Waals surface area (Å²) in [6.07, 6.45) is 5.36. The van der Waals surface area contributed by atoms with Gasteiger partial charge in [-0.2, -0.15) is 0 Å². The molecule has 0 bridgehead atoms. The van der Waals surface area contributed by atoms with Crippen molar-refractivity contribution in [3.05, 3.63) is 12.7 Å². The third kappa shape index (κ3) is 7.83. The summed E-state index contributed by atoms with van der Waals surface area (Å²) in [6.45, 7) is 6.23. The molecule has 0 aliphatic heterocycles. The molecule has 3 heteroatoms. The van der Waals surface area contributed by atoms with Gasteiger partial charge in [-0.1, -0.05) is 13.0 Å². The van der Waals surface area contributed by atoms with Gasteiger partial charge < -0.3 is 4.52 Å². The second-order valence-electron chi connectivity index (χ2n) is 2.40. The normalized spacial score (nSPS) is 12.8. The molecule has 0 heterocycles. The molecule has 0 radical (unpaired) electrons. The Morgan fingerprint density at radius 3 is 2.91 bits per heavy atom. The van der Waals surface area contributed by atoms with E-state index in [1.165, 1.54) is 0 Å². The van der Waals surface area contributed by atoms with E-state index in [0.29, 0.717) is 12.8 Å². The number of hydrogen-bond acceptors (Lipinski definition) is 2. The SMILES string of the molecule is C=CCCC[PH](=O)OCCC. The zero-order valence-electron chi connectivity index (χ0n) is 7.14. The third-order valence-electron chi connectivity index (χ3n) is 1.26. The quantitative estimate of drug-likeness (QED) is 0.338. The summed E-state index contributed by atoms with van der Waals surface area (Å²) in [7, 11) is -1.72. The first kappa shape index (κ1) is 10.9. The van der Waals surface area contributed by atoms with Gasteiger partial charge in [-0.3, -0.25) is 4.57 Å². The lowest BCUT2D eigenvalue weighted by Gasteiger charge is -2.00. The minimum absolute atomic E-state index is 0.631. The molecule has 0 saturated heterocycles. The summed E-state index contributed by atoms with van der Waals surface area (Å²) in [4.78, 5) is 0. The van der Waals surface area contributed by atoms with Crippen LogP contribution in [0.2, 0.25) is 0 Å². The molecule has 1 unspecified atom stereocenters. The Morgan fingerprint density at radius 2 is 2.36 bits per heavy atom. The van der Waals surface area contributed by atoms with Gasteiger partial charge in [-0.15, -0.1) is 6.58 Å². The van der Waals surface area contributed by atoms with Gasteiger partial charge in [0.1, 0.15) is 0 Å². The number of allylic oxidation sites excluding steroid dienone is 1. The van der Waals surface area contributed by atoms with E-state index < -0.39 is 8.03 Å². The highest BCUT2D eigenvalue weighted by atomic mass is 31.1. The van der Waals surface area contributed by atoms with E-state index in [2.05, 4.69) is 6.58 Å². The van der Waals surface area contributed by atoms with Crippen LogP contribution >= 0.6 is 8.03 Å². The van der Waals surface area contributed by atoms with Crippen LogP contribution < -0.4 is 0 Å². The highest BCUT2D eigenvalue weighted by Gasteiger charge is 1.96. The summed E-state index contributed by atoms with van der Waals surface area (Å²) in [5.74, 6) is 0. The van der Waals surface area contributed by atoms with Crippen molar-refractivity contribution >= 4 is 8.03 Å². The van der Waals surface area contributed by atoms with E-state index in [4.69, 9.17) is 4.52 Å². The third-order valence-corrected chi connectivity index (χ3v) is 2.54. The summed E-state index contributed by atoms with van der Waals surface area (Å²) in [5.41, 5.74) is 0. The van der Waals surface area contributed by atoms with E-state index in [1.54, 1.807) is 0 Å². The second-order valence-corrected chi connectivity index (χ2v) is 3.93. The largest absolute Gasteiger partial charge is 0.330 e. The minimum atomic E-state index is -1.72. The molecule has 0 saturated carbocycles. The van der Waals surface area contributed by atoms with Crippen LogP contribution in [0, 0.1) is 0 Å². The lowest BCUT2D eigenvalue weighted by atomic mass is 10.3. The average Bonchev–Trinajstić information content (AvgIpc) is 2.01. The lowest BCUT2D eigenvalue weighted by Crippen LogP contribution is -1.85. The van der Waals surface area contributed by atoms with Crippen molar-refractivity contribution in [2.75, 3.05) is 12.8 Å². The maximum atomic E-state index is 11.0. The average molecular weight is 176 g/mol. The van der Waals surface area contributed by atoms with Crippen molar-refractivity contribution < 1.29 is 9.09 Å². The Hall–Kier alpha value is -0.0700. The monoisotopic (exact) mass is 176 g/mol. The molecule has 0 aromatic heterocycles. The summed E-state index contributed by atoms with van der Waals surface area (Å²) < 4.78 is 16.1. The van der Waals surface area contributed by atoms with E-state index in [9.17, 15) is 4.57 Å². The fourth-order valence-electron chi connectivity index (χ4n) is 0.679. The molecule has 1 atom stereocenters. The molecule has 0 aromatic carbocycles. The van der Waals surface area contributed by atoms with Crippen molar-refractivity contribution in [3.8, 4) is 0 Å². The Labute approximate surface area is 69.5 Å². The first-order valence-electron chi connectivity index (χ1n) is 4.07. The minimum Gasteiger partial charge on any atom is -0.330 e. The van der Waals surface area contributed by atoms with Gasteiger partial charge in [-0.25, -0.2) is 0 Å². The standard InChI is InChI=1S/C8H17O2P/c1-3-5-6-8-11(9)10-7-4-2/h3,11H,1,4-8H2,2H3. The molecular formula is C8H17O2P. The van der Waals surface area contributed by atoms with Crippen LogP contribution in [0.15, 0.2) is 12.7 Å². The van der Waals surface area contributed by atoms with Crippen molar-refractivity contribution in [1.29, 1.82) is 0 Å². The first-order valence-corrected chi connectivity index (χ1v) is 5.60. The van der Waals surface area contributed by atoms with Gasteiger partial charge in [-0.05, 0) is 19.3 Å². The Balaban J connectivity index is 3.15. The van der Waals surface area contributed by atoms with Crippen LogP contribution in [0.3, 0.4) is 0 Å². The maximum Gasteiger partial charge on any atom is 0.191 e. The van der Waals surface area contributed by atoms with Crippen molar-refractivity contribution in [1.82, 2.24) is 0 Å². The highest BCUT2D eigenvalue weighted by Crippen LogP contribution is 2.23. The van der Waals surface area contributed by atoms with Crippen LogP contribution in [0.4, 0.5) is 0 Å².